The molecule has 0 saturated carbocycles. The summed E-state index contributed by atoms with van der Waals surface area (Å²) in [5.41, 5.74) is 1.16. The van der Waals surface area contributed by atoms with Gasteiger partial charge in [0.1, 0.15) is 15.7 Å². The normalized spacial score (nSPS) is 11.8. The first-order valence-corrected chi connectivity index (χ1v) is 3.57. The highest BCUT2D eigenvalue weighted by atomic mass is 32.1. The van der Waals surface area contributed by atoms with Crippen LogP contribution in [-0.4, -0.2) is 25.2 Å². The molecule has 0 saturated heterocycles. The molecule has 1 aromatic heterocycles. The first kappa shape index (κ1) is 7.82. The lowest BCUT2D eigenvalue weighted by atomic mass is 9.63. The lowest BCUT2D eigenvalue weighted by molar-refractivity contribution is 0.212. The van der Waals surface area contributed by atoms with E-state index >= 15 is 0 Å². The van der Waals surface area contributed by atoms with Gasteiger partial charge in [-0.1, -0.05) is 0 Å². The summed E-state index contributed by atoms with van der Waals surface area (Å²) >= 11 is 1.22. The first-order chi connectivity index (χ1) is 4.52. The lowest BCUT2D eigenvalue weighted by Gasteiger charge is -2.15. The zero-order valence-electron chi connectivity index (χ0n) is 5.53. The van der Waals surface area contributed by atoms with Gasteiger partial charge in [0.25, 0.3) is 0 Å². The SMILES string of the molecule is [B]C([B])(O)c1nscc1C. The highest BCUT2D eigenvalue weighted by Gasteiger charge is 2.19. The number of hydrogen-bond acceptors (Lipinski definition) is 3. The maximum Gasteiger partial charge on any atom is 0.108 e. The second-order valence-corrected chi connectivity index (χ2v) is 2.80. The van der Waals surface area contributed by atoms with Crippen LogP contribution in [-0.2, 0) is 5.40 Å². The summed E-state index contributed by atoms with van der Waals surface area (Å²) in [5, 5.41) is 9.05. The summed E-state index contributed by atoms with van der Waals surface area (Å²) in [7, 11) is 10.4. The maximum absolute atomic E-state index is 9.06. The molecule has 0 fully saturated rings. The Kier molecular flexibility index (Phi) is 1.88. The van der Waals surface area contributed by atoms with Gasteiger partial charge in [-0.25, -0.2) is 0 Å². The highest BCUT2D eigenvalue weighted by Crippen LogP contribution is 2.17. The predicted octanol–water partition coefficient (Wildman–Crippen LogP) is -0.109. The average Bonchev–Trinajstić information content (AvgIpc) is 2.11. The van der Waals surface area contributed by atoms with E-state index in [4.69, 9.17) is 20.8 Å². The van der Waals surface area contributed by atoms with Crippen molar-refractivity contribution in [1.29, 1.82) is 0 Å². The van der Waals surface area contributed by atoms with Crippen LogP contribution in [0.2, 0.25) is 0 Å². The lowest BCUT2D eigenvalue weighted by Crippen LogP contribution is -2.27. The van der Waals surface area contributed by atoms with Crippen molar-refractivity contribution in [3.8, 4) is 0 Å². The Labute approximate surface area is 66.3 Å². The summed E-state index contributed by atoms with van der Waals surface area (Å²) in [6, 6.07) is 0. The van der Waals surface area contributed by atoms with Crippen LogP contribution in [0.3, 0.4) is 0 Å². The van der Waals surface area contributed by atoms with Gasteiger partial charge < -0.3 is 5.11 Å². The van der Waals surface area contributed by atoms with Crippen molar-refractivity contribution in [2.45, 2.75) is 12.3 Å². The van der Waals surface area contributed by atoms with Crippen LogP contribution in [0.5, 0.6) is 0 Å². The summed E-state index contributed by atoms with van der Waals surface area (Å²) in [6.07, 6.45) is 0. The van der Waals surface area contributed by atoms with Gasteiger partial charge in [0, 0.05) is 10.8 Å². The fourth-order valence-corrected chi connectivity index (χ4v) is 1.39. The van der Waals surface area contributed by atoms with Crippen molar-refractivity contribution in [3.05, 3.63) is 16.6 Å². The van der Waals surface area contributed by atoms with E-state index in [9.17, 15) is 0 Å². The minimum atomic E-state index is -1.79. The summed E-state index contributed by atoms with van der Waals surface area (Å²) in [4.78, 5) is 0. The summed E-state index contributed by atoms with van der Waals surface area (Å²) in [6.45, 7) is 1.80. The zero-order valence-corrected chi connectivity index (χ0v) is 6.35. The molecule has 48 valence electrons. The standard InChI is InChI=1S/C5H5B2NOS/c1-3-2-10-8-4(3)5(6,7)9/h2,9H,1H3. The van der Waals surface area contributed by atoms with Crippen LogP contribution in [0.25, 0.3) is 0 Å². The molecule has 0 atom stereocenters. The molecule has 1 aromatic rings. The number of aliphatic hydroxyl groups is 1. The predicted molar refractivity (Wildman–Crippen MR) is 42.3 cm³/mol. The smallest absolute Gasteiger partial charge is 0.108 e. The Morgan fingerprint density at radius 2 is 2.30 bits per heavy atom. The molecule has 1 heterocycles. The fourth-order valence-electron chi connectivity index (χ4n) is 0.675. The second kappa shape index (κ2) is 2.40. The van der Waals surface area contributed by atoms with Gasteiger partial charge >= 0.3 is 0 Å². The van der Waals surface area contributed by atoms with Crippen LogP contribution in [0.4, 0.5) is 0 Å². The van der Waals surface area contributed by atoms with Crippen LogP contribution in [0.15, 0.2) is 5.38 Å². The number of nitrogens with zero attached hydrogens (tertiary/aromatic N) is 1. The molecule has 0 aliphatic heterocycles. The maximum atomic E-state index is 9.06. The van der Waals surface area contributed by atoms with E-state index < -0.39 is 5.40 Å². The molecule has 0 aliphatic carbocycles. The van der Waals surface area contributed by atoms with Crippen molar-refractivity contribution >= 4 is 27.2 Å². The average molecular weight is 149 g/mol. The molecule has 0 aromatic carbocycles. The topological polar surface area (TPSA) is 33.1 Å². The molecule has 10 heavy (non-hydrogen) atoms. The Morgan fingerprint density at radius 3 is 2.50 bits per heavy atom. The number of rotatable bonds is 1. The van der Waals surface area contributed by atoms with Gasteiger partial charge in [-0.15, -0.1) is 0 Å². The molecule has 1 N–H and O–H groups in total. The van der Waals surface area contributed by atoms with Gasteiger partial charge in [0.05, 0.1) is 5.69 Å². The largest absolute Gasteiger partial charge is 0.403 e. The second-order valence-electron chi connectivity index (χ2n) is 2.17. The highest BCUT2D eigenvalue weighted by molar-refractivity contribution is 7.03. The molecule has 0 aliphatic rings. The van der Waals surface area contributed by atoms with E-state index in [0.717, 1.165) is 5.56 Å². The summed E-state index contributed by atoms with van der Waals surface area (Å²) in [5.74, 6) is 0. The zero-order chi connectivity index (χ0) is 7.78. The third kappa shape index (κ3) is 1.41. The Balaban J connectivity index is 3.05. The van der Waals surface area contributed by atoms with Crippen molar-refractivity contribution in [2.24, 2.45) is 0 Å². The van der Waals surface area contributed by atoms with Crippen molar-refractivity contribution in [3.63, 3.8) is 0 Å². The van der Waals surface area contributed by atoms with Crippen LogP contribution in [0.1, 0.15) is 11.3 Å². The third-order valence-electron chi connectivity index (χ3n) is 1.13. The Morgan fingerprint density at radius 1 is 1.70 bits per heavy atom. The van der Waals surface area contributed by atoms with Crippen molar-refractivity contribution in [2.75, 3.05) is 0 Å². The molecule has 0 spiro atoms. The number of aromatic nitrogens is 1. The number of hydrogen-bond donors (Lipinski definition) is 1. The van der Waals surface area contributed by atoms with Gasteiger partial charge in [0.15, 0.2) is 0 Å². The van der Waals surface area contributed by atoms with Crippen LogP contribution in [0, 0.1) is 6.92 Å². The van der Waals surface area contributed by atoms with E-state index in [0.29, 0.717) is 5.69 Å². The van der Waals surface area contributed by atoms with Gasteiger partial charge in [-0.2, -0.15) is 4.37 Å². The van der Waals surface area contributed by atoms with Crippen LogP contribution >= 0.6 is 11.5 Å². The monoisotopic (exact) mass is 149 g/mol. The Bertz CT molecular complexity index is 230. The molecule has 2 nitrogen and oxygen atoms in total. The molecule has 0 bridgehead atoms. The summed E-state index contributed by atoms with van der Waals surface area (Å²) < 4.78 is 3.83. The molecule has 1 rings (SSSR count). The van der Waals surface area contributed by atoms with E-state index in [2.05, 4.69) is 4.37 Å². The molecule has 5 heteroatoms. The van der Waals surface area contributed by atoms with Gasteiger partial charge in [-0.05, 0) is 24.0 Å². The first-order valence-electron chi connectivity index (χ1n) is 2.73. The van der Waals surface area contributed by atoms with E-state index in [-0.39, 0.29) is 0 Å². The van der Waals surface area contributed by atoms with Crippen LogP contribution < -0.4 is 0 Å². The fraction of sp³-hybridized carbons (Fsp3) is 0.400. The molecule has 4 radical (unpaired) electrons. The molecule has 0 amide bonds. The van der Waals surface area contributed by atoms with E-state index in [1.807, 2.05) is 0 Å². The minimum absolute atomic E-state index is 0.345. The minimum Gasteiger partial charge on any atom is -0.403 e. The Hall–Kier alpha value is -0.280. The van der Waals surface area contributed by atoms with Gasteiger partial charge in [-0.3, -0.25) is 0 Å². The van der Waals surface area contributed by atoms with E-state index in [1.54, 1.807) is 12.3 Å². The molecule has 0 unspecified atom stereocenters. The van der Waals surface area contributed by atoms with Crippen molar-refractivity contribution < 1.29 is 5.11 Å². The molecular formula is C5H5B2NOS. The number of aryl methyl sites for hydroxylation is 1. The van der Waals surface area contributed by atoms with E-state index in [1.165, 1.54) is 11.5 Å². The quantitative estimate of drug-likeness (QED) is 0.565. The molecular weight excluding hydrogens is 144 g/mol. The van der Waals surface area contributed by atoms with Crippen molar-refractivity contribution in [1.82, 2.24) is 4.37 Å². The third-order valence-corrected chi connectivity index (χ3v) is 1.87. The van der Waals surface area contributed by atoms with Gasteiger partial charge in [0.2, 0.25) is 0 Å².